The molecule has 0 amide bonds. The second-order valence-electron chi connectivity index (χ2n) is 7.25. The van der Waals surface area contributed by atoms with Crippen LogP contribution in [0.25, 0.3) is 0 Å². The molecule has 3 heterocycles. The predicted octanol–water partition coefficient (Wildman–Crippen LogP) is 4.37. The van der Waals surface area contributed by atoms with E-state index in [0.29, 0.717) is 18.0 Å². The van der Waals surface area contributed by atoms with Crippen molar-refractivity contribution in [3.05, 3.63) is 53.0 Å². The number of anilines is 1. The van der Waals surface area contributed by atoms with Crippen molar-refractivity contribution < 1.29 is 4.42 Å². The molecule has 5 rings (SSSR count). The third-order valence-corrected chi connectivity index (χ3v) is 5.98. The summed E-state index contributed by atoms with van der Waals surface area (Å²) < 4.78 is 5.79. The lowest BCUT2D eigenvalue weighted by molar-refractivity contribution is 0.228. The minimum Gasteiger partial charge on any atom is -0.467 e. The Morgan fingerprint density at radius 1 is 1.00 bits per heavy atom. The number of piperidine rings is 1. The van der Waals surface area contributed by atoms with Gasteiger partial charge in [0.05, 0.1) is 12.3 Å². The highest BCUT2D eigenvalue weighted by atomic mass is 16.3. The Kier molecular flexibility index (Phi) is 3.22. The summed E-state index contributed by atoms with van der Waals surface area (Å²) in [5.41, 5.74) is 6.00. The van der Waals surface area contributed by atoms with Gasteiger partial charge >= 0.3 is 0 Å². The zero-order valence-corrected chi connectivity index (χ0v) is 13.5. The topological polar surface area (TPSA) is 37.2 Å². The molecule has 1 aromatic carbocycles. The van der Waals surface area contributed by atoms with Gasteiger partial charge in [0.1, 0.15) is 5.76 Å². The second-order valence-corrected chi connectivity index (χ2v) is 7.25. The van der Waals surface area contributed by atoms with Gasteiger partial charge in [0, 0.05) is 17.6 Å². The molecule has 23 heavy (non-hydrogen) atoms. The molecule has 0 unspecified atom stereocenters. The van der Waals surface area contributed by atoms with Crippen molar-refractivity contribution in [1.29, 1.82) is 0 Å². The van der Waals surface area contributed by atoms with E-state index >= 15 is 0 Å². The fourth-order valence-electron chi connectivity index (χ4n) is 4.90. The van der Waals surface area contributed by atoms with Crippen molar-refractivity contribution in [3.8, 4) is 0 Å². The summed E-state index contributed by atoms with van der Waals surface area (Å²) in [6.45, 7) is 1.13. The first-order valence-electron chi connectivity index (χ1n) is 9.10. The van der Waals surface area contributed by atoms with Gasteiger partial charge in [-0.25, -0.2) is 0 Å². The molecule has 3 nitrogen and oxygen atoms in total. The van der Waals surface area contributed by atoms with E-state index in [1.54, 1.807) is 17.4 Å². The van der Waals surface area contributed by atoms with Crippen LogP contribution in [0, 0.1) is 5.92 Å². The zero-order valence-electron chi connectivity index (χ0n) is 13.5. The van der Waals surface area contributed by atoms with Crippen LogP contribution in [0.2, 0.25) is 0 Å². The van der Waals surface area contributed by atoms with Crippen molar-refractivity contribution >= 4 is 5.69 Å². The molecule has 0 bridgehead atoms. The third-order valence-electron chi connectivity index (χ3n) is 5.98. The molecular formula is C20H24N2O. The molecule has 0 saturated carbocycles. The summed E-state index contributed by atoms with van der Waals surface area (Å²) in [4.78, 5) is 0. The number of nitrogens with one attached hydrogen (secondary N) is 2. The van der Waals surface area contributed by atoms with Gasteiger partial charge in [-0.3, -0.25) is 0 Å². The molecule has 2 aliphatic heterocycles. The van der Waals surface area contributed by atoms with E-state index in [1.165, 1.54) is 49.8 Å². The quantitative estimate of drug-likeness (QED) is 0.821. The van der Waals surface area contributed by atoms with Gasteiger partial charge in [0.15, 0.2) is 0 Å². The standard InChI is InChI=1S/C20H24N2O/c1-2-6-14-13(5-1)9-10-16-18-15(7-3-11-21-18)20(22-19(14)16)17-8-4-12-23-17/h4,8-10,12,15,18,20-22H,1-3,5-7,11H2/t15-,18+,20+/m0/s1. The number of benzene rings is 1. The molecule has 3 atom stereocenters. The number of fused-ring (bicyclic) bond motifs is 5. The van der Waals surface area contributed by atoms with Crippen LogP contribution in [0.5, 0.6) is 0 Å². The maximum Gasteiger partial charge on any atom is 0.126 e. The zero-order chi connectivity index (χ0) is 15.2. The largest absolute Gasteiger partial charge is 0.467 e. The van der Waals surface area contributed by atoms with E-state index < -0.39 is 0 Å². The van der Waals surface area contributed by atoms with Crippen molar-refractivity contribution in [2.45, 2.75) is 50.6 Å². The summed E-state index contributed by atoms with van der Waals surface area (Å²) in [5, 5.41) is 7.69. The van der Waals surface area contributed by atoms with E-state index in [9.17, 15) is 0 Å². The third kappa shape index (κ3) is 2.13. The normalized spacial score (nSPS) is 29.1. The van der Waals surface area contributed by atoms with E-state index in [4.69, 9.17) is 4.42 Å². The summed E-state index contributed by atoms with van der Waals surface area (Å²) in [5.74, 6) is 1.66. The molecule has 1 saturated heterocycles. The van der Waals surface area contributed by atoms with E-state index in [0.717, 1.165) is 12.3 Å². The molecule has 0 spiro atoms. The summed E-state index contributed by atoms with van der Waals surface area (Å²) in [7, 11) is 0. The average Bonchev–Trinajstić information content (AvgIpc) is 3.15. The molecule has 0 radical (unpaired) electrons. The van der Waals surface area contributed by atoms with Crippen molar-refractivity contribution in [2.75, 3.05) is 11.9 Å². The molecule has 3 heteroatoms. The Labute approximate surface area is 137 Å². The number of aryl methyl sites for hydroxylation is 1. The Bertz CT molecular complexity index is 707. The lowest BCUT2D eigenvalue weighted by atomic mass is 9.74. The van der Waals surface area contributed by atoms with Crippen molar-refractivity contribution in [3.63, 3.8) is 0 Å². The fraction of sp³-hybridized carbons (Fsp3) is 0.500. The molecule has 1 fully saturated rings. The van der Waals surface area contributed by atoms with Crippen LogP contribution >= 0.6 is 0 Å². The smallest absolute Gasteiger partial charge is 0.126 e. The summed E-state index contributed by atoms with van der Waals surface area (Å²) in [6.07, 6.45) is 9.41. The molecule has 2 aromatic rings. The Morgan fingerprint density at radius 2 is 1.96 bits per heavy atom. The van der Waals surface area contributed by atoms with Crippen molar-refractivity contribution in [2.24, 2.45) is 5.92 Å². The minimum atomic E-state index is 0.295. The van der Waals surface area contributed by atoms with Crippen LogP contribution in [0.1, 0.15) is 60.2 Å². The van der Waals surface area contributed by atoms with Gasteiger partial charge in [0.2, 0.25) is 0 Å². The van der Waals surface area contributed by atoms with Crippen LogP contribution in [0.4, 0.5) is 5.69 Å². The first-order chi connectivity index (χ1) is 11.4. The van der Waals surface area contributed by atoms with Crippen molar-refractivity contribution in [1.82, 2.24) is 5.32 Å². The molecule has 1 aromatic heterocycles. The van der Waals surface area contributed by atoms with Crippen LogP contribution in [-0.2, 0) is 12.8 Å². The molecule has 3 aliphatic rings. The van der Waals surface area contributed by atoms with Gasteiger partial charge in [-0.05, 0) is 73.9 Å². The number of hydrogen-bond donors (Lipinski definition) is 2. The molecule has 120 valence electrons. The second kappa shape index (κ2) is 5.41. The van der Waals surface area contributed by atoms with Crippen LogP contribution in [-0.4, -0.2) is 6.54 Å². The van der Waals surface area contributed by atoms with Gasteiger partial charge in [-0.1, -0.05) is 12.1 Å². The molecule has 2 N–H and O–H groups in total. The Balaban J connectivity index is 1.64. The molecule has 1 aliphatic carbocycles. The van der Waals surface area contributed by atoms with E-state index in [-0.39, 0.29) is 0 Å². The Hall–Kier alpha value is -1.74. The SMILES string of the molecule is c1coc([C@@H]2Nc3c(ccc4c3CCCC4)[C@@H]3NCCC[C@H]23)c1. The monoisotopic (exact) mass is 308 g/mol. The maximum absolute atomic E-state index is 5.79. The van der Waals surface area contributed by atoms with Gasteiger partial charge < -0.3 is 15.1 Å². The lowest BCUT2D eigenvalue weighted by Gasteiger charge is -2.44. The van der Waals surface area contributed by atoms with Gasteiger partial charge in [0.25, 0.3) is 0 Å². The predicted molar refractivity (Wildman–Crippen MR) is 91.6 cm³/mol. The van der Waals surface area contributed by atoms with Gasteiger partial charge in [-0.2, -0.15) is 0 Å². The minimum absolute atomic E-state index is 0.295. The Morgan fingerprint density at radius 3 is 2.87 bits per heavy atom. The average molecular weight is 308 g/mol. The van der Waals surface area contributed by atoms with Crippen LogP contribution in [0.15, 0.2) is 34.9 Å². The number of hydrogen-bond acceptors (Lipinski definition) is 3. The summed E-state index contributed by atoms with van der Waals surface area (Å²) >= 11 is 0. The van der Waals surface area contributed by atoms with E-state index in [2.05, 4.69) is 28.8 Å². The van der Waals surface area contributed by atoms with Crippen LogP contribution in [0.3, 0.4) is 0 Å². The maximum atomic E-state index is 5.79. The number of rotatable bonds is 1. The number of furan rings is 1. The van der Waals surface area contributed by atoms with Gasteiger partial charge in [-0.15, -0.1) is 0 Å². The molecular weight excluding hydrogens is 284 g/mol. The fourth-order valence-corrected chi connectivity index (χ4v) is 4.90. The first-order valence-corrected chi connectivity index (χ1v) is 9.10. The highest BCUT2D eigenvalue weighted by Gasteiger charge is 2.41. The van der Waals surface area contributed by atoms with Crippen LogP contribution < -0.4 is 10.6 Å². The summed E-state index contributed by atoms with van der Waals surface area (Å²) in [6, 6.07) is 9.66. The highest BCUT2D eigenvalue weighted by molar-refractivity contribution is 5.65. The van der Waals surface area contributed by atoms with E-state index in [1.807, 2.05) is 6.07 Å². The highest BCUT2D eigenvalue weighted by Crippen LogP contribution is 2.49. The first kappa shape index (κ1) is 13.7. The lowest BCUT2D eigenvalue weighted by Crippen LogP contribution is -2.43.